The molecule has 6 heteroatoms. The van der Waals surface area contributed by atoms with Gasteiger partial charge in [-0.3, -0.25) is 4.79 Å². The topological polar surface area (TPSA) is 54.9 Å². The van der Waals surface area contributed by atoms with E-state index in [9.17, 15) is 4.79 Å². The van der Waals surface area contributed by atoms with Crippen LogP contribution in [0.3, 0.4) is 0 Å². The predicted octanol–water partition coefficient (Wildman–Crippen LogP) is 4.88. The van der Waals surface area contributed by atoms with Crippen molar-refractivity contribution in [3.8, 4) is 11.3 Å². The quantitative estimate of drug-likeness (QED) is 0.501. The van der Waals surface area contributed by atoms with Crippen molar-refractivity contribution >= 4 is 39.3 Å². The minimum Gasteiger partial charge on any atom is -0.321 e. The van der Waals surface area contributed by atoms with Crippen LogP contribution in [0, 0.1) is 0 Å². The summed E-state index contributed by atoms with van der Waals surface area (Å²) >= 11 is 4.88. The van der Waals surface area contributed by atoms with E-state index in [1.807, 2.05) is 60.9 Å². The van der Waals surface area contributed by atoms with Crippen LogP contribution in [0.25, 0.3) is 11.3 Å². The Bertz CT molecular complexity index is 871. The van der Waals surface area contributed by atoms with Gasteiger partial charge in [0.05, 0.1) is 16.9 Å². The Labute approximate surface area is 152 Å². The molecule has 0 aliphatic carbocycles. The molecule has 0 atom stereocenters. The Morgan fingerprint density at radius 1 is 1.08 bits per heavy atom. The summed E-state index contributed by atoms with van der Waals surface area (Å²) in [5.41, 5.74) is 2.65. The van der Waals surface area contributed by atoms with E-state index in [1.54, 1.807) is 6.20 Å². The number of rotatable bonds is 4. The van der Waals surface area contributed by atoms with Crippen molar-refractivity contribution in [3.63, 3.8) is 0 Å². The van der Waals surface area contributed by atoms with E-state index in [0.717, 1.165) is 10.0 Å². The largest absolute Gasteiger partial charge is 0.321 e. The first-order valence-corrected chi connectivity index (χ1v) is 9.23. The summed E-state index contributed by atoms with van der Waals surface area (Å²) in [6, 6.07) is 17.1. The summed E-state index contributed by atoms with van der Waals surface area (Å²) in [5, 5.41) is 3.53. The number of benzene rings is 2. The smallest absolute Gasteiger partial charge is 0.259 e. The van der Waals surface area contributed by atoms with Gasteiger partial charge in [-0.15, -0.1) is 0 Å². The van der Waals surface area contributed by atoms with E-state index in [1.165, 1.54) is 11.8 Å². The monoisotopic (exact) mass is 399 g/mol. The van der Waals surface area contributed by atoms with Gasteiger partial charge in [-0.2, -0.15) is 0 Å². The molecule has 0 saturated heterocycles. The Balaban J connectivity index is 2.01. The molecule has 0 radical (unpaired) electrons. The number of carbonyl (C=O) groups excluding carboxylic acids is 1. The molecule has 4 nitrogen and oxygen atoms in total. The Hall–Kier alpha value is -2.18. The maximum Gasteiger partial charge on any atom is 0.259 e. The molecule has 0 fully saturated rings. The third-order valence-electron chi connectivity index (χ3n) is 3.36. The molecule has 0 bridgehead atoms. The van der Waals surface area contributed by atoms with Crippen molar-refractivity contribution < 1.29 is 4.79 Å². The molecule has 24 heavy (non-hydrogen) atoms. The van der Waals surface area contributed by atoms with E-state index in [0.29, 0.717) is 22.1 Å². The number of aromatic nitrogens is 2. The molecule has 0 aliphatic rings. The van der Waals surface area contributed by atoms with Gasteiger partial charge in [0, 0.05) is 16.2 Å². The molecule has 2 aromatic carbocycles. The maximum atomic E-state index is 12.7. The molecule has 3 rings (SSSR count). The van der Waals surface area contributed by atoms with Crippen molar-refractivity contribution in [2.24, 2.45) is 0 Å². The van der Waals surface area contributed by atoms with Gasteiger partial charge in [-0.05, 0) is 34.3 Å². The molecule has 1 amide bonds. The number of nitrogens with zero attached hydrogens (tertiary/aromatic N) is 2. The number of nitrogens with one attached hydrogen (secondary N) is 1. The summed E-state index contributed by atoms with van der Waals surface area (Å²) in [5.74, 6) is -0.242. The summed E-state index contributed by atoms with van der Waals surface area (Å²) in [4.78, 5) is 21.5. The third kappa shape index (κ3) is 3.66. The van der Waals surface area contributed by atoms with E-state index in [-0.39, 0.29) is 5.91 Å². The minimum absolute atomic E-state index is 0.242. The number of hydrogen-bond donors (Lipinski definition) is 1. The standard InChI is InChI=1S/C18H14BrN3OS/c1-24-18-20-11-13(16(22-18)12-7-3-2-4-8-12)17(23)21-15-10-6-5-9-14(15)19/h2-11H,1H3,(H,21,23). The van der Waals surface area contributed by atoms with Crippen LogP contribution in [-0.2, 0) is 0 Å². The molecule has 0 spiro atoms. The lowest BCUT2D eigenvalue weighted by molar-refractivity contribution is 0.102. The normalized spacial score (nSPS) is 10.4. The van der Waals surface area contributed by atoms with Crippen LogP contribution in [0.15, 0.2) is 70.4 Å². The molecular formula is C18H14BrN3OS. The lowest BCUT2D eigenvalue weighted by Gasteiger charge is -2.11. The number of halogens is 1. The first-order chi connectivity index (χ1) is 11.7. The number of thioether (sulfide) groups is 1. The molecule has 1 aromatic heterocycles. The molecular weight excluding hydrogens is 386 g/mol. The highest BCUT2D eigenvalue weighted by atomic mass is 79.9. The van der Waals surface area contributed by atoms with Gasteiger partial charge in [-0.1, -0.05) is 54.2 Å². The average Bonchev–Trinajstić information content (AvgIpc) is 2.63. The zero-order valence-corrected chi connectivity index (χ0v) is 15.3. The fourth-order valence-electron chi connectivity index (χ4n) is 2.20. The molecule has 1 heterocycles. The average molecular weight is 400 g/mol. The SMILES string of the molecule is CSc1ncc(C(=O)Nc2ccccc2Br)c(-c2ccccc2)n1. The van der Waals surface area contributed by atoms with Crippen molar-refractivity contribution in [2.75, 3.05) is 11.6 Å². The number of anilines is 1. The van der Waals surface area contributed by atoms with E-state index < -0.39 is 0 Å². The van der Waals surface area contributed by atoms with Crippen LogP contribution in [0.4, 0.5) is 5.69 Å². The Morgan fingerprint density at radius 3 is 2.50 bits per heavy atom. The van der Waals surface area contributed by atoms with Gasteiger partial charge in [0.25, 0.3) is 5.91 Å². The molecule has 0 unspecified atom stereocenters. The zero-order valence-electron chi connectivity index (χ0n) is 12.9. The van der Waals surface area contributed by atoms with E-state index in [2.05, 4.69) is 31.2 Å². The van der Waals surface area contributed by atoms with Gasteiger partial charge in [0.2, 0.25) is 0 Å². The molecule has 1 N–H and O–H groups in total. The first kappa shape index (κ1) is 16.7. The van der Waals surface area contributed by atoms with Gasteiger partial charge >= 0.3 is 0 Å². The van der Waals surface area contributed by atoms with Gasteiger partial charge in [-0.25, -0.2) is 9.97 Å². The highest BCUT2D eigenvalue weighted by molar-refractivity contribution is 9.10. The third-order valence-corrected chi connectivity index (χ3v) is 4.62. The van der Waals surface area contributed by atoms with Crippen LogP contribution in [0.2, 0.25) is 0 Å². The molecule has 120 valence electrons. The van der Waals surface area contributed by atoms with Crippen molar-refractivity contribution in [1.82, 2.24) is 9.97 Å². The molecule has 0 aliphatic heterocycles. The van der Waals surface area contributed by atoms with Gasteiger partial charge in [0.15, 0.2) is 5.16 Å². The highest BCUT2D eigenvalue weighted by Crippen LogP contribution is 2.26. The minimum atomic E-state index is -0.242. The maximum absolute atomic E-state index is 12.7. The van der Waals surface area contributed by atoms with Crippen LogP contribution in [-0.4, -0.2) is 22.1 Å². The fourth-order valence-corrected chi connectivity index (χ4v) is 2.92. The second-order valence-corrected chi connectivity index (χ2v) is 6.55. The summed E-state index contributed by atoms with van der Waals surface area (Å²) in [6.45, 7) is 0. The van der Waals surface area contributed by atoms with Gasteiger partial charge < -0.3 is 5.32 Å². The first-order valence-electron chi connectivity index (χ1n) is 7.21. The fraction of sp³-hybridized carbons (Fsp3) is 0.0556. The number of para-hydroxylation sites is 1. The van der Waals surface area contributed by atoms with Crippen molar-refractivity contribution in [1.29, 1.82) is 0 Å². The van der Waals surface area contributed by atoms with E-state index >= 15 is 0 Å². The zero-order chi connectivity index (χ0) is 16.9. The van der Waals surface area contributed by atoms with Gasteiger partial charge in [0.1, 0.15) is 0 Å². The second kappa shape index (κ2) is 7.59. The lowest BCUT2D eigenvalue weighted by Crippen LogP contribution is -2.15. The van der Waals surface area contributed by atoms with E-state index in [4.69, 9.17) is 0 Å². The summed E-state index contributed by atoms with van der Waals surface area (Å²) < 4.78 is 0.821. The Morgan fingerprint density at radius 2 is 1.79 bits per heavy atom. The van der Waals surface area contributed by atoms with Crippen molar-refractivity contribution in [3.05, 3.63) is 70.8 Å². The van der Waals surface area contributed by atoms with Crippen LogP contribution in [0.1, 0.15) is 10.4 Å². The highest BCUT2D eigenvalue weighted by Gasteiger charge is 2.17. The lowest BCUT2D eigenvalue weighted by atomic mass is 10.1. The second-order valence-electron chi connectivity index (χ2n) is 4.92. The van der Waals surface area contributed by atoms with Crippen LogP contribution < -0.4 is 5.32 Å². The number of amides is 1. The van der Waals surface area contributed by atoms with Crippen molar-refractivity contribution in [2.45, 2.75) is 5.16 Å². The summed E-state index contributed by atoms with van der Waals surface area (Å²) in [6.07, 6.45) is 3.48. The number of hydrogen-bond acceptors (Lipinski definition) is 4. The van der Waals surface area contributed by atoms with Crippen LogP contribution in [0.5, 0.6) is 0 Å². The van der Waals surface area contributed by atoms with Crippen LogP contribution >= 0.6 is 27.7 Å². The Kier molecular flexibility index (Phi) is 5.27. The molecule has 0 saturated carbocycles. The molecule has 3 aromatic rings. The number of carbonyl (C=O) groups is 1. The summed E-state index contributed by atoms with van der Waals surface area (Å²) in [7, 11) is 0. The predicted molar refractivity (Wildman–Crippen MR) is 101 cm³/mol.